The maximum absolute atomic E-state index is 4.56. The molecule has 6 heteroatoms. The smallest absolute Gasteiger partial charge is 0.198 e. The van der Waals surface area contributed by atoms with Crippen molar-refractivity contribution < 1.29 is 0 Å². The molecule has 3 nitrogen and oxygen atoms in total. The van der Waals surface area contributed by atoms with Crippen molar-refractivity contribution in [1.82, 2.24) is 4.98 Å². The van der Waals surface area contributed by atoms with Crippen LogP contribution in [0.3, 0.4) is 0 Å². The molecule has 1 heterocycles. The fourth-order valence-corrected chi connectivity index (χ4v) is 4.34. The molecule has 2 rings (SSSR count). The second-order valence-corrected chi connectivity index (χ2v) is 6.77. The maximum atomic E-state index is 4.56. The van der Waals surface area contributed by atoms with E-state index < -0.39 is 0 Å². The summed E-state index contributed by atoms with van der Waals surface area (Å²) in [6, 6.07) is 8.15. The van der Waals surface area contributed by atoms with E-state index in [-0.39, 0.29) is 0 Å². The molecule has 0 saturated heterocycles. The van der Waals surface area contributed by atoms with E-state index in [4.69, 9.17) is 0 Å². The SMILES string of the molecule is CC=NC(=N/C=C/C)SSc1nc2ccccc2s1. The van der Waals surface area contributed by atoms with Crippen LogP contribution in [0.5, 0.6) is 0 Å². The van der Waals surface area contributed by atoms with Gasteiger partial charge in [-0.15, -0.1) is 11.3 Å². The monoisotopic (exact) mass is 307 g/mol. The van der Waals surface area contributed by atoms with Crippen LogP contribution in [0.25, 0.3) is 10.2 Å². The quantitative estimate of drug-likeness (QED) is 0.454. The number of hydrogen-bond donors (Lipinski definition) is 0. The zero-order chi connectivity index (χ0) is 13.5. The number of aromatic nitrogens is 1. The molecule has 0 radical (unpaired) electrons. The number of fused-ring (bicyclic) bond motifs is 1. The van der Waals surface area contributed by atoms with Gasteiger partial charge in [0, 0.05) is 12.4 Å². The summed E-state index contributed by atoms with van der Waals surface area (Å²) in [7, 11) is 3.11. The Balaban J connectivity index is 2.08. The number of rotatable bonds is 3. The lowest BCUT2D eigenvalue weighted by molar-refractivity contribution is 1.31. The third-order valence-corrected chi connectivity index (χ3v) is 5.53. The molecule has 2 aromatic rings. The van der Waals surface area contributed by atoms with Crippen molar-refractivity contribution in [2.75, 3.05) is 0 Å². The van der Waals surface area contributed by atoms with Crippen molar-refractivity contribution in [2.24, 2.45) is 9.98 Å². The topological polar surface area (TPSA) is 37.6 Å². The lowest BCUT2D eigenvalue weighted by atomic mass is 10.3. The molecule has 1 aromatic carbocycles. The molecule has 0 aliphatic carbocycles. The minimum atomic E-state index is 0.727. The number of nitrogens with zero attached hydrogens (tertiary/aromatic N) is 3. The van der Waals surface area contributed by atoms with Gasteiger partial charge in [0.15, 0.2) is 9.51 Å². The number of allylic oxidation sites excluding steroid dienone is 1. The van der Waals surface area contributed by atoms with Gasteiger partial charge in [-0.3, -0.25) is 0 Å². The van der Waals surface area contributed by atoms with E-state index in [2.05, 4.69) is 21.0 Å². The summed E-state index contributed by atoms with van der Waals surface area (Å²) in [6.45, 7) is 3.82. The first kappa shape index (κ1) is 14.3. The van der Waals surface area contributed by atoms with Crippen molar-refractivity contribution in [1.29, 1.82) is 0 Å². The van der Waals surface area contributed by atoms with Crippen LogP contribution < -0.4 is 0 Å². The van der Waals surface area contributed by atoms with Gasteiger partial charge in [0.2, 0.25) is 0 Å². The van der Waals surface area contributed by atoms with Crippen LogP contribution in [0, 0.1) is 0 Å². The summed E-state index contributed by atoms with van der Waals surface area (Å²) >= 11 is 1.69. The Labute approximate surface area is 124 Å². The standard InChI is InChI=1S/C13H13N3S3/c1-3-9-15-12(14-4-2)18-19-13-16-10-7-5-6-8-11(10)17-13/h3-9H,1-2H3/b9-3+,14-4?,15-12?. The molecule has 98 valence electrons. The summed E-state index contributed by atoms with van der Waals surface area (Å²) < 4.78 is 2.22. The van der Waals surface area contributed by atoms with Gasteiger partial charge in [-0.05, 0) is 47.6 Å². The highest BCUT2D eigenvalue weighted by molar-refractivity contribution is 8.82. The fraction of sp³-hybridized carbons (Fsp3) is 0.154. The Morgan fingerprint density at radius 1 is 1.32 bits per heavy atom. The van der Waals surface area contributed by atoms with E-state index in [1.54, 1.807) is 34.5 Å². The second kappa shape index (κ2) is 7.47. The van der Waals surface area contributed by atoms with Crippen molar-refractivity contribution in [2.45, 2.75) is 18.2 Å². The predicted molar refractivity (Wildman–Crippen MR) is 89.5 cm³/mol. The predicted octanol–water partition coefficient (Wildman–Crippen LogP) is 5.02. The molecule has 0 atom stereocenters. The average molecular weight is 307 g/mol. The number of aliphatic imine (C=N–C) groups is 2. The van der Waals surface area contributed by atoms with E-state index in [1.807, 2.05) is 38.1 Å². The minimum absolute atomic E-state index is 0.727. The summed E-state index contributed by atoms with van der Waals surface area (Å²) in [4.78, 5) is 13.0. The van der Waals surface area contributed by atoms with Gasteiger partial charge in [-0.2, -0.15) is 0 Å². The molecular formula is C13H13N3S3. The van der Waals surface area contributed by atoms with E-state index in [9.17, 15) is 0 Å². The summed E-state index contributed by atoms with van der Waals surface area (Å²) in [5.41, 5.74) is 1.04. The Hall–Kier alpha value is -1.11. The molecular weight excluding hydrogens is 294 g/mol. The summed E-state index contributed by atoms with van der Waals surface area (Å²) in [5.74, 6) is 0. The third-order valence-electron chi connectivity index (χ3n) is 2.04. The van der Waals surface area contributed by atoms with Gasteiger partial charge in [-0.25, -0.2) is 15.0 Å². The molecule has 0 unspecified atom stereocenters. The van der Waals surface area contributed by atoms with E-state index in [0.29, 0.717) is 0 Å². The molecule has 0 aliphatic rings. The number of thiazole rings is 1. The molecule has 1 aromatic heterocycles. The second-order valence-electron chi connectivity index (χ2n) is 3.40. The number of amidine groups is 1. The Morgan fingerprint density at radius 2 is 2.16 bits per heavy atom. The van der Waals surface area contributed by atoms with Crippen LogP contribution in [0.15, 0.2) is 50.9 Å². The van der Waals surface area contributed by atoms with Crippen molar-refractivity contribution in [3.05, 3.63) is 36.5 Å². The zero-order valence-electron chi connectivity index (χ0n) is 10.6. The van der Waals surface area contributed by atoms with Crippen LogP contribution >= 0.6 is 32.9 Å². The molecule has 0 N–H and O–H groups in total. The molecule has 0 saturated carbocycles. The van der Waals surface area contributed by atoms with Crippen molar-refractivity contribution in [3.8, 4) is 0 Å². The van der Waals surface area contributed by atoms with Gasteiger partial charge in [0.25, 0.3) is 0 Å². The first-order valence-corrected chi connectivity index (χ1v) is 8.68. The molecule has 0 amide bonds. The largest absolute Gasteiger partial charge is 0.235 e. The number of benzene rings is 1. The Morgan fingerprint density at radius 3 is 2.89 bits per heavy atom. The number of para-hydroxylation sites is 1. The first-order chi connectivity index (χ1) is 9.33. The van der Waals surface area contributed by atoms with Crippen LogP contribution in [0.2, 0.25) is 0 Å². The van der Waals surface area contributed by atoms with Gasteiger partial charge in [-0.1, -0.05) is 18.2 Å². The number of hydrogen-bond acceptors (Lipinski definition) is 5. The molecule has 0 spiro atoms. The third kappa shape index (κ3) is 4.19. The van der Waals surface area contributed by atoms with Crippen molar-refractivity contribution >= 4 is 54.5 Å². The van der Waals surface area contributed by atoms with Gasteiger partial charge in [0.05, 0.1) is 10.2 Å². The maximum Gasteiger partial charge on any atom is 0.198 e. The molecule has 0 bridgehead atoms. The normalized spacial score (nSPS) is 13.1. The van der Waals surface area contributed by atoms with Gasteiger partial charge >= 0.3 is 0 Å². The highest BCUT2D eigenvalue weighted by Gasteiger charge is 2.06. The Bertz CT molecular complexity index is 596. The molecule has 0 fully saturated rings. The van der Waals surface area contributed by atoms with Crippen molar-refractivity contribution in [3.63, 3.8) is 0 Å². The van der Waals surface area contributed by atoms with Crippen LogP contribution in [-0.2, 0) is 0 Å². The highest BCUT2D eigenvalue weighted by atomic mass is 33.1. The lowest BCUT2D eigenvalue weighted by Gasteiger charge is -1.95. The highest BCUT2D eigenvalue weighted by Crippen LogP contribution is 2.37. The van der Waals surface area contributed by atoms with Crippen LogP contribution in [-0.4, -0.2) is 16.4 Å². The van der Waals surface area contributed by atoms with Gasteiger partial charge in [0.1, 0.15) is 0 Å². The first-order valence-electron chi connectivity index (χ1n) is 5.71. The lowest BCUT2D eigenvalue weighted by Crippen LogP contribution is -1.83. The molecule has 0 aliphatic heterocycles. The van der Waals surface area contributed by atoms with E-state index in [1.165, 1.54) is 15.5 Å². The van der Waals surface area contributed by atoms with Gasteiger partial charge < -0.3 is 0 Å². The summed E-state index contributed by atoms with van der Waals surface area (Å²) in [5, 5.41) is 0.727. The minimum Gasteiger partial charge on any atom is -0.235 e. The fourth-order valence-electron chi connectivity index (χ4n) is 1.28. The molecule has 19 heavy (non-hydrogen) atoms. The Kier molecular flexibility index (Phi) is 5.62. The van der Waals surface area contributed by atoms with E-state index >= 15 is 0 Å². The zero-order valence-corrected chi connectivity index (χ0v) is 13.1. The van der Waals surface area contributed by atoms with E-state index in [0.717, 1.165) is 15.0 Å². The average Bonchev–Trinajstić information content (AvgIpc) is 2.84. The van der Waals surface area contributed by atoms with Crippen LogP contribution in [0.1, 0.15) is 13.8 Å². The summed E-state index contributed by atoms with van der Waals surface area (Å²) in [6.07, 6.45) is 5.37. The van der Waals surface area contributed by atoms with Crippen LogP contribution in [0.4, 0.5) is 0 Å².